The Kier molecular flexibility index (Phi) is 6.79. The Morgan fingerprint density at radius 2 is 1.78 bits per heavy atom. The molecule has 0 atom stereocenters. The van der Waals surface area contributed by atoms with Gasteiger partial charge in [-0.3, -0.25) is 9.59 Å². The summed E-state index contributed by atoms with van der Waals surface area (Å²) in [6.45, 7) is 10.2. The van der Waals surface area contributed by atoms with Crippen molar-refractivity contribution >= 4 is 11.8 Å². The summed E-state index contributed by atoms with van der Waals surface area (Å²) in [5.41, 5.74) is 1.64. The molecule has 0 saturated carbocycles. The molecule has 4 heteroatoms. The standard InChI is InChI=1S/C19H28O4/c1-13(2)23-17-11-10-14(19(3,4)5)12-15(17)16(20)8-7-9-18(21)22-6/h10-13H,7-9H2,1-6H3. The fourth-order valence-electron chi connectivity index (χ4n) is 2.20. The molecule has 0 amide bonds. The van der Waals surface area contributed by atoms with E-state index in [-0.39, 0.29) is 29.7 Å². The highest BCUT2D eigenvalue weighted by atomic mass is 16.5. The number of benzene rings is 1. The fraction of sp³-hybridized carbons (Fsp3) is 0.579. The first-order chi connectivity index (χ1) is 10.6. The van der Waals surface area contributed by atoms with Gasteiger partial charge in [0.25, 0.3) is 0 Å². The molecule has 128 valence electrons. The summed E-state index contributed by atoms with van der Waals surface area (Å²) in [7, 11) is 1.35. The molecule has 23 heavy (non-hydrogen) atoms. The zero-order valence-corrected chi connectivity index (χ0v) is 15.1. The first kappa shape index (κ1) is 19.2. The van der Waals surface area contributed by atoms with Crippen LogP contribution in [0.3, 0.4) is 0 Å². The number of ether oxygens (including phenoxy) is 2. The highest BCUT2D eigenvalue weighted by Gasteiger charge is 2.20. The summed E-state index contributed by atoms with van der Waals surface area (Å²) in [4.78, 5) is 23.7. The third kappa shape index (κ3) is 6.05. The zero-order valence-electron chi connectivity index (χ0n) is 15.1. The number of Topliss-reactive ketones (excluding diaryl/α,β-unsaturated/α-hetero) is 1. The maximum Gasteiger partial charge on any atom is 0.305 e. The molecule has 0 aromatic heterocycles. The lowest BCUT2D eigenvalue weighted by Gasteiger charge is -2.22. The van der Waals surface area contributed by atoms with Crippen molar-refractivity contribution in [2.75, 3.05) is 7.11 Å². The van der Waals surface area contributed by atoms with Crippen LogP contribution in [0, 0.1) is 0 Å². The molecule has 0 fully saturated rings. The van der Waals surface area contributed by atoms with Crippen LogP contribution in [-0.4, -0.2) is 25.0 Å². The number of esters is 1. The highest BCUT2D eigenvalue weighted by molar-refractivity contribution is 5.99. The van der Waals surface area contributed by atoms with E-state index in [2.05, 4.69) is 25.5 Å². The van der Waals surface area contributed by atoms with Crippen LogP contribution in [0.5, 0.6) is 5.75 Å². The lowest BCUT2D eigenvalue weighted by Crippen LogP contribution is -2.15. The van der Waals surface area contributed by atoms with Crippen molar-refractivity contribution in [2.24, 2.45) is 0 Å². The molecule has 0 saturated heterocycles. The number of hydrogen-bond donors (Lipinski definition) is 0. The maximum atomic E-state index is 12.6. The smallest absolute Gasteiger partial charge is 0.305 e. The lowest BCUT2D eigenvalue weighted by molar-refractivity contribution is -0.140. The summed E-state index contributed by atoms with van der Waals surface area (Å²) in [5, 5.41) is 0. The van der Waals surface area contributed by atoms with Gasteiger partial charge >= 0.3 is 5.97 Å². The second kappa shape index (κ2) is 8.14. The third-order valence-corrected chi connectivity index (χ3v) is 3.52. The Labute approximate surface area is 139 Å². The number of methoxy groups -OCH3 is 1. The molecule has 1 aromatic carbocycles. The second-order valence-corrected chi connectivity index (χ2v) is 6.98. The van der Waals surface area contributed by atoms with Crippen molar-refractivity contribution in [2.45, 2.75) is 65.4 Å². The number of rotatable bonds is 7. The van der Waals surface area contributed by atoms with Crippen molar-refractivity contribution in [1.29, 1.82) is 0 Å². The SMILES string of the molecule is COC(=O)CCCC(=O)c1cc(C(C)(C)C)ccc1OC(C)C. The number of carbonyl (C=O) groups excluding carboxylic acids is 2. The Hall–Kier alpha value is -1.84. The summed E-state index contributed by atoms with van der Waals surface area (Å²) in [5.74, 6) is 0.312. The van der Waals surface area contributed by atoms with E-state index < -0.39 is 0 Å². The summed E-state index contributed by atoms with van der Waals surface area (Å²) in [6.07, 6.45) is 1.03. The molecule has 0 aliphatic rings. The normalized spacial score (nSPS) is 11.4. The minimum Gasteiger partial charge on any atom is -0.490 e. The van der Waals surface area contributed by atoms with Gasteiger partial charge in [0.2, 0.25) is 0 Å². The molecule has 0 heterocycles. The molecule has 4 nitrogen and oxygen atoms in total. The van der Waals surface area contributed by atoms with Crippen LogP contribution in [0.15, 0.2) is 18.2 Å². The van der Waals surface area contributed by atoms with Gasteiger partial charge in [0, 0.05) is 12.8 Å². The number of carbonyl (C=O) groups is 2. The second-order valence-electron chi connectivity index (χ2n) is 6.98. The molecule has 0 spiro atoms. The summed E-state index contributed by atoms with van der Waals surface area (Å²) < 4.78 is 10.4. The number of ketones is 1. The van der Waals surface area contributed by atoms with E-state index in [1.165, 1.54) is 7.11 Å². The molecular formula is C19H28O4. The van der Waals surface area contributed by atoms with Crippen LogP contribution in [0.1, 0.15) is 69.8 Å². The first-order valence-corrected chi connectivity index (χ1v) is 8.06. The third-order valence-electron chi connectivity index (χ3n) is 3.52. The van der Waals surface area contributed by atoms with Crippen molar-refractivity contribution < 1.29 is 19.1 Å². The van der Waals surface area contributed by atoms with Gasteiger partial charge in [0.1, 0.15) is 5.75 Å². The highest BCUT2D eigenvalue weighted by Crippen LogP contribution is 2.29. The van der Waals surface area contributed by atoms with Gasteiger partial charge < -0.3 is 9.47 Å². The minimum atomic E-state index is -0.292. The van der Waals surface area contributed by atoms with Crippen molar-refractivity contribution in [3.8, 4) is 5.75 Å². The average molecular weight is 320 g/mol. The van der Waals surface area contributed by atoms with Crippen molar-refractivity contribution in [1.82, 2.24) is 0 Å². The average Bonchev–Trinajstić information content (AvgIpc) is 2.45. The molecule has 0 bridgehead atoms. The monoisotopic (exact) mass is 320 g/mol. The zero-order chi connectivity index (χ0) is 17.6. The fourth-order valence-corrected chi connectivity index (χ4v) is 2.20. The Morgan fingerprint density at radius 1 is 1.13 bits per heavy atom. The van der Waals surface area contributed by atoms with Crippen LogP contribution in [0.25, 0.3) is 0 Å². The maximum absolute atomic E-state index is 12.6. The van der Waals surface area contributed by atoms with E-state index in [0.717, 1.165) is 5.56 Å². The van der Waals surface area contributed by atoms with Crippen molar-refractivity contribution in [3.63, 3.8) is 0 Å². The Balaban J connectivity index is 2.99. The van der Waals surface area contributed by atoms with Crippen LogP contribution >= 0.6 is 0 Å². The molecule has 0 aliphatic heterocycles. The topological polar surface area (TPSA) is 52.6 Å². The van der Waals surface area contributed by atoms with E-state index in [1.807, 2.05) is 32.0 Å². The molecule has 0 N–H and O–H groups in total. The van der Waals surface area contributed by atoms with Crippen LogP contribution < -0.4 is 4.74 Å². The largest absolute Gasteiger partial charge is 0.490 e. The minimum absolute atomic E-state index is 0.00268. The van der Waals surface area contributed by atoms with Gasteiger partial charge in [-0.1, -0.05) is 26.8 Å². The molecule has 1 rings (SSSR count). The quantitative estimate of drug-likeness (QED) is 0.555. The van der Waals surface area contributed by atoms with E-state index in [0.29, 0.717) is 24.2 Å². The van der Waals surface area contributed by atoms with Gasteiger partial charge in [-0.2, -0.15) is 0 Å². The Morgan fingerprint density at radius 3 is 2.30 bits per heavy atom. The lowest BCUT2D eigenvalue weighted by atomic mass is 9.85. The van der Waals surface area contributed by atoms with Gasteiger partial charge in [-0.25, -0.2) is 0 Å². The van der Waals surface area contributed by atoms with E-state index in [1.54, 1.807) is 0 Å². The van der Waals surface area contributed by atoms with Crippen LogP contribution in [0.2, 0.25) is 0 Å². The molecule has 1 aromatic rings. The van der Waals surface area contributed by atoms with E-state index >= 15 is 0 Å². The predicted molar refractivity (Wildman–Crippen MR) is 91.1 cm³/mol. The van der Waals surface area contributed by atoms with Crippen molar-refractivity contribution in [3.05, 3.63) is 29.3 Å². The molecule has 0 unspecified atom stereocenters. The van der Waals surface area contributed by atoms with Gasteiger partial charge in [-0.05, 0) is 43.4 Å². The first-order valence-electron chi connectivity index (χ1n) is 8.06. The molecule has 0 radical (unpaired) electrons. The molecule has 0 aliphatic carbocycles. The summed E-state index contributed by atoms with van der Waals surface area (Å²) >= 11 is 0. The number of hydrogen-bond acceptors (Lipinski definition) is 4. The van der Waals surface area contributed by atoms with E-state index in [4.69, 9.17) is 4.74 Å². The Bertz CT molecular complexity index is 553. The van der Waals surface area contributed by atoms with Crippen LogP contribution in [-0.2, 0) is 14.9 Å². The molecular weight excluding hydrogens is 292 g/mol. The van der Waals surface area contributed by atoms with Gasteiger partial charge in [-0.15, -0.1) is 0 Å². The van der Waals surface area contributed by atoms with Gasteiger partial charge in [0.05, 0.1) is 18.8 Å². The van der Waals surface area contributed by atoms with Crippen LogP contribution in [0.4, 0.5) is 0 Å². The van der Waals surface area contributed by atoms with E-state index in [9.17, 15) is 9.59 Å². The summed E-state index contributed by atoms with van der Waals surface area (Å²) in [6, 6.07) is 5.79. The predicted octanol–water partition coefficient (Wildman–Crippen LogP) is 4.30. The van der Waals surface area contributed by atoms with Gasteiger partial charge in [0.15, 0.2) is 5.78 Å².